The second-order valence-electron chi connectivity index (χ2n) is 10.5. The number of hydrogen-bond acceptors (Lipinski definition) is 7. The first-order valence-electron chi connectivity index (χ1n) is 13.2. The summed E-state index contributed by atoms with van der Waals surface area (Å²) in [6, 6.07) is 9.77. The predicted octanol–water partition coefficient (Wildman–Crippen LogP) is 3.07. The van der Waals surface area contributed by atoms with E-state index in [2.05, 4.69) is 10.2 Å². The zero-order chi connectivity index (χ0) is 28.1. The van der Waals surface area contributed by atoms with Crippen LogP contribution in [-0.4, -0.2) is 52.1 Å². The molecule has 206 valence electrons. The minimum Gasteiger partial charge on any atom is -0.619 e. The number of amides is 2. The van der Waals surface area contributed by atoms with E-state index in [4.69, 9.17) is 4.42 Å². The van der Waals surface area contributed by atoms with Gasteiger partial charge in [-0.15, -0.1) is 0 Å². The molecule has 0 atom stereocenters. The normalized spacial score (nSPS) is 16.1. The minimum atomic E-state index is -0.507. The number of urea groups is 1. The fourth-order valence-electron chi connectivity index (χ4n) is 5.86. The van der Waals surface area contributed by atoms with Crippen LogP contribution in [0.2, 0.25) is 0 Å². The van der Waals surface area contributed by atoms with Gasteiger partial charge in [0.25, 0.3) is 0 Å². The molecule has 1 fully saturated rings. The van der Waals surface area contributed by atoms with Gasteiger partial charge in [0.15, 0.2) is 17.6 Å². The lowest BCUT2D eigenvalue weighted by molar-refractivity contribution is -0.604. The predicted molar refractivity (Wildman–Crippen MR) is 148 cm³/mol. The average molecular weight is 544 g/mol. The molecule has 6 rings (SSSR count). The molecule has 0 aliphatic carbocycles. The van der Waals surface area contributed by atoms with Crippen molar-refractivity contribution in [1.29, 1.82) is 0 Å². The molecule has 2 aliphatic rings. The summed E-state index contributed by atoms with van der Waals surface area (Å²) in [6.07, 6.45) is 4.74. The fraction of sp³-hybridized carbons (Fsp3) is 0.310. The number of aromatic hydroxyl groups is 1. The van der Waals surface area contributed by atoms with Crippen molar-refractivity contribution in [2.45, 2.75) is 32.2 Å². The van der Waals surface area contributed by atoms with Crippen LogP contribution in [-0.2, 0) is 13.5 Å². The highest BCUT2D eigenvalue weighted by molar-refractivity contribution is 6.10. The van der Waals surface area contributed by atoms with Crippen LogP contribution in [0.1, 0.15) is 39.9 Å². The van der Waals surface area contributed by atoms with E-state index < -0.39 is 5.76 Å². The Kier molecular flexibility index (Phi) is 6.21. The average Bonchev–Trinajstić information content (AvgIpc) is 3.12. The zero-order valence-corrected chi connectivity index (χ0v) is 22.2. The second kappa shape index (κ2) is 9.74. The van der Waals surface area contributed by atoms with E-state index in [1.54, 1.807) is 44.3 Å². The van der Waals surface area contributed by atoms with Crippen LogP contribution in [0.25, 0.3) is 11.1 Å². The molecule has 2 aromatic heterocycles. The molecule has 11 nitrogen and oxygen atoms in total. The molecule has 0 spiro atoms. The van der Waals surface area contributed by atoms with Gasteiger partial charge in [0.2, 0.25) is 6.20 Å². The number of nitrogens with zero attached hydrogens (tertiary/aromatic N) is 4. The van der Waals surface area contributed by atoms with E-state index >= 15 is 0 Å². The van der Waals surface area contributed by atoms with Gasteiger partial charge in [-0.2, -0.15) is 4.73 Å². The van der Waals surface area contributed by atoms with E-state index in [0.29, 0.717) is 71.7 Å². The number of hydrogen-bond donors (Lipinski definition) is 2. The van der Waals surface area contributed by atoms with Crippen LogP contribution >= 0.6 is 0 Å². The van der Waals surface area contributed by atoms with Gasteiger partial charge >= 0.3 is 11.8 Å². The molecule has 4 aromatic rings. The molecular weight excluding hydrogens is 514 g/mol. The highest BCUT2D eigenvalue weighted by atomic mass is 16.5. The molecule has 11 heteroatoms. The van der Waals surface area contributed by atoms with E-state index in [1.165, 1.54) is 23.0 Å². The van der Waals surface area contributed by atoms with E-state index in [-0.39, 0.29) is 29.2 Å². The van der Waals surface area contributed by atoms with Gasteiger partial charge in [-0.25, -0.2) is 9.59 Å². The number of phenols is 1. The minimum absolute atomic E-state index is 0.0265. The molecule has 2 amide bonds. The van der Waals surface area contributed by atoms with Crippen LogP contribution in [0.3, 0.4) is 0 Å². The summed E-state index contributed by atoms with van der Waals surface area (Å²) in [7, 11) is 1.61. The summed E-state index contributed by atoms with van der Waals surface area (Å²) in [6.45, 7) is 3.57. The molecule has 0 bridgehead atoms. The third kappa shape index (κ3) is 4.53. The summed E-state index contributed by atoms with van der Waals surface area (Å²) in [4.78, 5) is 42.2. The number of phenolic OH excluding ortho intramolecular Hbond substituents is 1. The van der Waals surface area contributed by atoms with Gasteiger partial charge < -0.3 is 29.8 Å². The molecule has 0 saturated carbocycles. The number of fused-ring (bicyclic) bond motifs is 2. The number of piperidine rings is 1. The fourth-order valence-corrected chi connectivity index (χ4v) is 5.86. The molecule has 1 saturated heterocycles. The second-order valence-corrected chi connectivity index (χ2v) is 10.5. The number of carbonyl (C=O) groups excluding carboxylic acids is 2. The molecule has 2 N–H and O–H groups in total. The Bertz CT molecular complexity index is 1720. The Morgan fingerprint density at radius 3 is 2.62 bits per heavy atom. The lowest BCUT2D eigenvalue weighted by Gasteiger charge is -2.38. The number of ketones is 1. The van der Waals surface area contributed by atoms with Crippen LogP contribution in [0.4, 0.5) is 16.2 Å². The summed E-state index contributed by atoms with van der Waals surface area (Å²) in [5.41, 5.74) is 4.48. The van der Waals surface area contributed by atoms with Crippen LogP contribution in [0.15, 0.2) is 58.0 Å². The molecular formula is C29H29N5O6. The molecule has 2 aromatic carbocycles. The summed E-state index contributed by atoms with van der Waals surface area (Å²) >= 11 is 0. The Hall–Kier alpha value is -4.80. The van der Waals surface area contributed by atoms with Gasteiger partial charge in [0, 0.05) is 44.0 Å². The van der Waals surface area contributed by atoms with Crippen molar-refractivity contribution in [3.63, 3.8) is 0 Å². The van der Waals surface area contributed by atoms with Gasteiger partial charge in [0.1, 0.15) is 11.4 Å². The van der Waals surface area contributed by atoms with Crippen LogP contribution in [0, 0.1) is 12.1 Å². The van der Waals surface area contributed by atoms with Crippen molar-refractivity contribution in [2.75, 3.05) is 29.9 Å². The number of anilines is 2. The third-order valence-electron chi connectivity index (χ3n) is 7.91. The van der Waals surface area contributed by atoms with Gasteiger partial charge in [0.05, 0.1) is 11.1 Å². The maximum atomic E-state index is 13.4. The quantitative estimate of drug-likeness (QED) is 0.175. The van der Waals surface area contributed by atoms with Crippen molar-refractivity contribution in [2.24, 2.45) is 7.05 Å². The largest absolute Gasteiger partial charge is 0.619 e. The summed E-state index contributed by atoms with van der Waals surface area (Å²) in [5, 5.41) is 25.3. The van der Waals surface area contributed by atoms with Gasteiger partial charge in [-0.3, -0.25) is 9.36 Å². The SMILES string of the molecule is Cc1cc(C(=O)c2cc(N3CCC(N4CCc5cc(O)ccc5NC4=O)CC3)c[n+]([O-])c2)cc2oc(=O)n(C)c12. The van der Waals surface area contributed by atoms with Crippen molar-refractivity contribution in [1.82, 2.24) is 9.47 Å². The number of nitrogens with one attached hydrogen (secondary N) is 1. The van der Waals surface area contributed by atoms with Crippen molar-refractivity contribution >= 4 is 34.3 Å². The molecule has 0 radical (unpaired) electrons. The Balaban J connectivity index is 1.18. The lowest BCUT2D eigenvalue weighted by atomic mass is 10.00. The van der Waals surface area contributed by atoms with Crippen molar-refractivity contribution in [3.8, 4) is 5.75 Å². The van der Waals surface area contributed by atoms with Crippen LogP contribution < -0.4 is 20.7 Å². The number of aryl methyl sites for hydroxylation is 2. The van der Waals surface area contributed by atoms with Gasteiger partial charge in [-0.1, -0.05) is 0 Å². The standard InChI is InChI=1S/C29H29N5O6/c1-17-11-19(14-25-26(17)31(2)29(38)40-25)27(36)20-12-22(16-33(39)15-20)32-8-6-21(7-9-32)34-10-5-18-13-23(35)3-4-24(18)30-28(34)37/h3-4,11-16,21,35H,5-10H2,1-2H3,(H,30,37). The van der Waals surface area contributed by atoms with Crippen molar-refractivity contribution in [3.05, 3.63) is 86.8 Å². The number of aromatic nitrogens is 2. The summed E-state index contributed by atoms with van der Waals surface area (Å²) in [5.74, 6) is -0.676. The monoisotopic (exact) mass is 543 g/mol. The third-order valence-corrected chi connectivity index (χ3v) is 7.91. The highest BCUT2D eigenvalue weighted by Crippen LogP contribution is 2.29. The topological polar surface area (TPSA) is 135 Å². The lowest BCUT2D eigenvalue weighted by Crippen LogP contribution is -2.49. The van der Waals surface area contributed by atoms with Crippen molar-refractivity contribution < 1.29 is 23.8 Å². The maximum absolute atomic E-state index is 13.4. The molecule has 2 aliphatic heterocycles. The molecule has 4 heterocycles. The number of rotatable bonds is 4. The van der Waals surface area contributed by atoms with Crippen LogP contribution in [0.5, 0.6) is 5.75 Å². The maximum Gasteiger partial charge on any atom is 0.419 e. The first kappa shape index (κ1) is 25.5. The molecule has 0 unspecified atom stereocenters. The number of benzene rings is 2. The number of pyridine rings is 1. The zero-order valence-electron chi connectivity index (χ0n) is 22.2. The van der Waals surface area contributed by atoms with E-state index in [0.717, 1.165) is 11.1 Å². The Morgan fingerprint density at radius 2 is 1.85 bits per heavy atom. The Labute approximate surface area is 229 Å². The van der Waals surface area contributed by atoms with E-state index in [1.807, 2.05) is 4.90 Å². The van der Waals surface area contributed by atoms with E-state index in [9.17, 15) is 24.7 Å². The molecule has 40 heavy (non-hydrogen) atoms. The first-order valence-corrected chi connectivity index (χ1v) is 13.2. The number of carbonyl (C=O) groups is 2. The highest BCUT2D eigenvalue weighted by Gasteiger charge is 2.31. The first-order chi connectivity index (χ1) is 19.2. The van der Waals surface area contributed by atoms with Gasteiger partial charge in [-0.05, 0) is 73.7 Å². The summed E-state index contributed by atoms with van der Waals surface area (Å²) < 4.78 is 7.32. The number of oxazole rings is 1. The Morgan fingerprint density at radius 1 is 1.07 bits per heavy atom. The smallest absolute Gasteiger partial charge is 0.419 e.